The molecule has 5 rings (SSSR count). The molecule has 0 atom stereocenters. The molecule has 0 aliphatic heterocycles. The van der Waals surface area contributed by atoms with Crippen LogP contribution < -0.4 is 11.2 Å². The van der Waals surface area contributed by atoms with Crippen molar-refractivity contribution in [3.05, 3.63) is 86.9 Å². The fourth-order valence-corrected chi connectivity index (χ4v) is 6.45. The summed E-state index contributed by atoms with van der Waals surface area (Å²) in [5.74, 6) is -0.547. The number of phenolic OH excluding ortho intramolecular Hbond substituents is 1. The van der Waals surface area contributed by atoms with Gasteiger partial charge in [-0.3, -0.25) is 9.36 Å². The summed E-state index contributed by atoms with van der Waals surface area (Å²) in [5.41, 5.74) is 1.22. The molecule has 11 heteroatoms. The van der Waals surface area contributed by atoms with Crippen molar-refractivity contribution < 1.29 is 19.4 Å². The molecule has 2 aromatic heterocycles. The van der Waals surface area contributed by atoms with Crippen molar-refractivity contribution in [3.63, 3.8) is 0 Å². The van der Waals surface area contributed by atoms with Crippen LogP contribution in [0.5, 0.6) is 5.75 Å². The molecule has 0 radical (unpaired) electrons. The predicted molar refractivity (Wildman–Crippen MR) is 167 cm³/mol. The summed E-state index contributed by atoms with van der Waals surface area (Å²) in [6.45, 7) is 6.10. The summed E-state index contributed by atoms with van der Waals surface area (Å²) >= 11 is 0. The molecule has 0 spiro atoms. The number of phenols is 1. The topological polar surface area (TPSA) is 121 Å². The third-order valence-electron chi connectivity index (χ3n) is 8.21. The molecule has 1 aliphatic rings. The predicted octanol–water partition coefficient (Wildman–Crippen LogP) is 5.38. The van der Waals surface area contributed by atoms with Gasteiger partial charge in [-0.15, -0.1) is 0 Å². The molecule has 10 nitrogen and oxygen atoms in total. The molecule has 0 saturated heterocycles. The van der Waals surface area contributed by atoms with Crippen LogP contribution in [0.1, 0.15) is 58.1 Å². The van der Waals surface area contributed by atoms with Crippen LogP contribution in [0.3, 0.4) is 0 Å². The van der Waals surface area contributed by atoms with Crippen LogP contribution in [0.15, 0.2) is 64.3 Å². The number of aromatic nitrogens is 3. The molecule has 0 unspecified atom stereocenters. The van der Waals surface area contributed by atoms with E-state index in [1.807, 2.05) is 58.0 Å². The number of fused-ring (bicyclic) bond motifs is 1. The molecule has 1 saturated carbocycles. The highest BCUT2D eigenvalue weighted by Gasteiger charge is 2.37. The lowest BCUT2D eigenvalue weighted by Crippen LogP contribution is -2.53. The van der Waals surface area contributed by atoms with E-state index in [1.165, 1.54) is 14.0 Å². The van der Waals surface area contributed by atoms with Crippen molar-refractivity contribution in [1.29, 1.82) is 0 Å². The third kappa shape index (κ3) is 5.96. The standard InChI is InChI=1S/C33H38FN5O5/c1-33(2,3)39(32(43)44)24-11-9-23(10-12-24)38-30(41)28-17-22(34)18-35-29(28)37(31(38)42)25-8-6-7-20(15-25)27-14-13-26(40)16-21(27)19-36(4)5/h6-8,13-18,23-24,40H,9-12,19H2,1-5H3,(H,43,44). The van der Waals surface area contributed by atoms with E-state index in [0.717, 1.165) is 29.0 Å². The highest BCUT2D eigenvalue weighted by molar-refractivity contribution is 5.77. The maximum Gasteiger partial charge on any atom is 0.407 e. The lowest BCUT2D eigenvalue weighted by atomic mass is 9.88. The molecular weight excluding hydrogens is 565 g/mol. The van der Waals surface area contributed by atoms with E-state index < -0.39 is 34.7 Å². The molecule has 0 bridgehead atoms. The summed E-state index contributed by atoms with van der Waals surface area (Å²) in [6.07, 6.45) is 1.76. The van der Waals surface area contributed by atoms with E-state index in [4.69, 9.17) is 0 Å². The van der Waals surface area contributed by atoms with Gasteiger partial charge in [0.15, 0.2) is 5.65 Å². The van der Waals surface area contributed by atoms with Crippen LogP contribution in [0.25, 0.3) is 27.8 Å². The van der Waals surface area contributed by atoms with Gasteiger partial charge in [0, 0.05) is 24.2 Å². The Balaban J connectivity index is 1.62. The lowest BCUT2D eigenvalue weighted by Gasteiger charge is -2.42. The first-order valence-electron chi connectivity index (χ1n) is 14.7. The molecule has 1 fully saturated rings. The summed E-state index contributed by atoms with van der Waals surface area (Å²) in [4.78, 5) is 47.6. The number of hydrogen-bond acceptors (Lipinski definition) is 6. The van der Waals surface area contributed by atoms with E-state index in [1.54, 1.807) is 24.3 Å². The van der Waals surface area contributed by atoms with Crippen molar-refractivity contribution in [1.82, 2.24) is 23.9 Å². The van der Waals surface area contributed by atoms with Gasteiger partial charge in [0.2, 0.25) is 0 Å². The SMILES string of the molecule is CN(C)Cc1cc(O)ccc1-c1cccc(-n2c(=O)n(C3CCC(N(C(=O)O)C(C)(C)C)CC3)c(=O)c3cc(F)cnc32)c1. The van der Waals surface area contributed by atoms with Crippen LogP contribution >= 0.6 is 0 Å². The fraction of sp³-hybridized carbons (Fsp3) is 0.394. The molecule has 2 aromatic carbocycles. The Morgan fingerprint density at radius 1 is 1.05 bits per heavy atom. The minimum absolute atomic E-state index is 0.0167. The second-order valence-electron chi connectivity index (χ2n) is 12.7. The summed E-state index contributed by atoms with van der Waals surface area (Å²) in [5, 5.41) is 20.0. The second kappa shape index (κ2) is 11.9. The van der Waals surface area contributed by atoms with Crippen molar-refractivity contribution in [3.8, 4) is 22.6 Å². The summed E-state index contributed by atoms with van der Waals surface area (Å²) in [6, 6.07) is 12.7. The molecule has 1 amide bonds. The number of carbonyl (C=O) groups is 1. The lowest BCUT2D eigenvalue weighted by molar-refractivity contribution is 0.0506. The Bertz CT molecular complexity index is 1830. The maximum absolute atomic E-state index is 14.4. The van der Waals surface area contributed by atoms with Crippen molar-refractivity contribution in [2.75, 3.05) is 14.1 Å². The minimum Gasteiger partial charge on any atom is -0.508 e. The molecule has 4 aromatic rings. The minimum atomic E-state index is -1.00. The molecule has 44 heavy (non-hydrogen) atoms. The Hall–Kier alpha value is -4.51. The van der Waals surface area contributed by atoms with E-state index >= 15 is 0 Å². The van der Waals surface area contributed by atoms with E-state index in [9.17, 15) is 29.0 Å². The van der Waals surface area contributed by atoms with Crippen molar-refractivity contribution in [2.45, 2.75) is 70.6 Å². The quantitative estimate of drug-likeness (QED) is 0.303. The zero-order valence-electron chi connectivity index (χ0n) is 25.6. The van der Waals surface area contributed by atoms with Crippen LogP contribution in [0, 0.1) is 5.82 Å². The zero-order chi connectivity index (χ0) is 31.9. The highest BCUT2D eigenvalue weighted by Crippen LogP contribution is 2.34. The number of pyridine rings is 1. The van der Waals surface area contributed by atoms with Gasteiger partial charge < -0.3 is 20.0 Å². The van der Waals surface area contributed by atoms with Crippen LogP contribution in [-0.4, -0.2) is 65.9 Å². The van der Waals surface area contributed by atoms with Crippen LogP contribution in [0.4, 0.5) is 9.18 Å². The third-order valence-corrected chi connectivity index (χ3v) is 8.21. The first-order chi connectivity index (χ1) is 20.8. The van der Waals surface area contributed by atoms with E-state index in [0.29, 0.717) is 37.9 Å². The van der Waals surface area contributed by atoms with E-state index in [2.05, 4.69) is 4.98 Å². The smallest absolute Gasteiger partial charge is 0.407 e. The molecule has 232 valence electrons. The van der Waals surface area contributed by atoms with Gasteiger partial charge in [-0.25, -0.2) is 23.5 Å². The number of rotatable bonds is 6. The largest absolute Gasteiger partial charge is 0.508 e. The maximum atomic E-state index is 14.4. The normalized spacial score (nSPS) is 17.2. The van der Waals surface area contributed by atoms with Gasteiger partial charge in [0.25, 0.3) is 5.56 Å². The monoisotopic (exact) mass is 603 g/mol. The van der Waals surface area contributed by atoms with Gasteiger partial charge in [-0.2, -0.15) is 0 Å². The van der Waals surface area contributed by atoms with E-state index in [-0.39, 0.29) is 22.8 Å². The summed E-state index contributed by atoms with van der Waals surface area (Å²) in [7, 11) is 3.86. The number of aromatic hydroxyl groups is 1. The highest BCUT2D eigenvalue weighted by atomic mass is 19.1. The zero-order valence-corrected chi connectivity index (χ0v) is 25.6. The molecule has 1 aliphatic carbocycles. The van der Waals surface area contributed by atoms with Gasteiger partial charge >= 0.3 is 11.8 Å². The van der Waals surface area contributed by atoms with Crippen LogP contribution in [0.2, 0.25) is 0 Å². The van der Waals surface area contributed by atoms with Crippen molar-refractivity contribution >= 4 is 17.1 Å². The average molecular weight is 604 g/mol. The van der Waals surface area contributed by atoms with Crippen LogP contribution in [-0.2, 0) is 6.54 Å². The molecule has 2 heterocycles. The first-order valence-corrected chi connectivity index (χ1v) is 14.7. The Morgan fingerprint density at radius 2 is 1.75 bits per heavy atom. The van der Waals surface area contributed by atoms with Gasteiger partial charge in [-0.05, 0) is 108 Å². The second-order valence-corrected chi connectivity index (χ2v) is 12.7. The van der Waals surface area contributed by atoms with Gasteiger partial charge in [0.1, 0.15) is 11.6 Å². The number of amides is 1. The molecular formula is C33H38FN5O5. The number of benzene rings is 2. The van der Waals surface area contributed by atoms with Crippen molar-refractivity contribution in [2.24, 2.45) is 0 Å². The number of nitrogens with zero attached hydrogens (tertiary/aromatic N) is 5. The number of hydrogen-bond donors (Lipinski definition) is 2. The Kier molecular flexibility index (Phi) is 8.35. The summed E-state index contributed by atoms with van der Waals surface area (Å²) < 4.78 is 17.0. The van der Waals surface area contributed by atoms with Gasteiger partial charge in [0.05, 0.1) is 17.3 Å². The fourth-order valence-electron chi connectivity index (χ4n) is 6.45. The molecule has 2 N–H and O–H groups in total. The first kappa shape index (κ1) is 30.9. The number of carboxylic acid groups (broad SMARTS) is 1. The Morgan fingerprint density at radius 3 is 2.39 bits per heavy atom. The average Bonchev–Trinajstić information content (AvgIpc) is 2.93. The number of halogens is 1. The Labute approximate surface area is 254 Å². The van der Waals surface area contributed by atoms with Gasteiger partial charge in [-0.1, -0.05) is 18.2 Å².